The molecule has 2 nitrogen and oxygen atoms in total. The lowest BCUT2D eigenvalue weighted by molar-refractivity contribution is 0.207. The van der Waals surface area contributed by atoms with Crippen LogP contribution in [0.3, 0.4) is 0 Å². The third-order valence-electron chi connectivity index (χ3n) is 3.84. The van der Waals surface area contributed by atoms with Crippen molar-refractivity contribution >= 4 is 0 Å². The molecule has 0 bridgehead atoms. The smallest absolute Gasteiger partial charge is 0.0237 e. The van der Waals surface area contributed by atoms with Crippen molar-refractivity contribution in [2.24, 2.45) is 5.92 Å². The van der Waals surface area contributed by atoms with Crippen molar-refractivity contribution in [2.45, 2.75) is 32.9 Å². The predicted molar refractivity (Wildman–Crippen MR) is 73.1 cm³/mol. The van der Waals surface area contributed by atoms with E-state index in [-0.39, 0.29) is 0 Å². The molecule has 0 amide bonds. The Bertz CT molecular complexity index is 360. The third kappa shape index (κ3) is 3.08. The van der Waals surface area contributed by atoms with E-state index >= 15 is 0 Å². The minimum atomic E-state index is 0.597. The van der Waals surface area contributed by atoms with Gasteiger partial charge >= 0.3 is 0 Å². The Kier molecular flexibility index (Phi) is 4.19. The second-order valence-electron chi connectivity index (χ2n) is 5.39. The summed E-state index contributed by atoms with van der Waals surface area (Å²) in [5, 5.41) is 3.43. The fraction of sp³-hybridized carbons (Fsp3) is 0.600. The molecule has 1 atom stereocenters. The highest BCUT2D eigenvalue weighted by atomic mass is 15.1. The van der Waals surface area contributed by atoms with Gasteiger partial charge in [0.2, 0.25) is 0 Å². The van der Waals surface area contributed by atoms with Crippen LogP contribution in [0, 0.1) is 5.92 Å². The van der Waals surface area contributed by atoms with Crippen molar-refractivity contribution < 1.29 is 0 Å². The number of nitrogens with one attached hydrogen (secondary N) is 1. The van der Waals surface area contributed by atoms with Crippen LogP contribution in [0.1, 0.15) is 25.0 Å². The van der Waals surface area contributed by atoms with Gasteiger partial charge in [-0.1, -0.05) is 38.1 Å². The first-order chi connectivity index (χ1) is 8.20. The summed E-state index contributed by atoms with van der Waals surface area (Å²) in [6, 6.07) is 9.44. The van der Waals surface area contributed by atoms with Crippen LogP contribution in [-0.4, -0.2) is 31.1 Å². The monoisotopic (exact) mass is 232 g/mol. The molecule has 0 fully saturated rings. The SMILES string of the molecule is CNC(CN1CCc2ccccc2C1)C(C)C. The van der Waals surface area contributed by atoms with Crippen LogP contribution in [-0.2, 0) is 13.0 Å². The molecule has 1 aliphatic heterocycles. The molecule has 2 rings (SSSR count). The Morgan fingerprint density at radius 3 is 2.59 bits per heavy atom. The Hall–Kier alpha value is -0.860. The quantitative estimate of drug-likeness (QED) is 0.857. The van der Waals surface area contributed by atoms with E-state index in [4.69, 9.17) is 0 Å². The van der Waals surface area contributed by atoms with Gasteiger partial charge in [-0.25, -0.2) is 0 Å². The van der Waals surface area contributed by atoms with Crippen LogP contribution >= 0.6 is 0 Å². The molecule has 0 radical (unpaired) electrons. The number of hydrogen-bond donors (Lipinski definition) is 1. The molecule has 0 aliphatic carbocycles. The number of rotatable bonds is 4. The second kappa shape index (κ2) is 5.65. The fourth-order valence-corrected chi connectivity index (χ4v) is 2.62. The topological polar surface area (TPSA) is 15.3 Å². The molecule has 1 unspecified atom stereocenters. The molecule has 94 valence electrons. The predicted octanol–water partition coefficient (Wildman–Crippen LogP) is 2.29. The molecule has 2 heteroatoms. The zero-order valence-electron chi connectivity index (χ0n) is 11.2. The van der Waals surface area contributed by atoms with E-state index in [0.29, 0.717) is 12.0 Å². The zero-order valence-corrected chi connectivity index (χ0v) is 11.2. The van der Waals surface area contributed by atoms with Gasteiger partial charge in [-0.15, -0.1) is 0 Å². The average molecular weight is 232 g/mol. The van der Waals surface area contributed by atoms with Gasteiger partial charge in [-0.05, 0) is 30.5 Å². The fourth-order valence-electron chi connectivity index (χ4n) is 2.62. The van der Waals surface area contributed by atoms with Crippen LogP contribution < -0.4 is 5.32 Å². The summed E-state index contributed by atoms with van der Waals surface area (Å²) >= 11 is 0. The summed E-state index contributed by atoms with van der Waals surface area (Å²) in [7, 11) is 2.07. The van der Waals surface area contributed by atoms with Crippen molar-refractivity contribution in [3.63, 3.8) is 0 Å². The van der Waals surface area contributed by atoms with E-state index in [1.54, 1.807) is 0 Å². The molecule has 1 N–H and O–H groups in total. The molecule has 1 aliphatic rings. The van der Waals surface area contributed by atoms with Crippen LogP contribution in [0.4, 0.5) is 0 Å². The maximum Gasteiger partial charge on any atom is 0.0237 e. The number of likely N-dealkylation sites (N-methyl/N-ethyl adjacent to an activating group) is 1. The lowest BCUT2D eigenvalue weighted by atomic mass is 9.98. The van der Waals surface area contributed by atoms with Crippen molar-refractivity contribution in [3.8, 4) is 0 Å². The van der Waals surface area contributed by atoms with E-state index in [0.717, 1.165) is 13.1 Å². The number of hydrogen-bond acceptors (Lipinski definition) is 2. The molecular weight excluding hydrogens is 208 g/mol. The first kappa shape index (κ1) is 12.6. The lowest BCUT2D eigenvalue weighted by Gasteiger charge is -2.33. The van der Waals surface area contributed by atoms with E-state index < -0.39 is 0 Å². The summed E-state index contributed by atoms with van der Waals surface area (Å²) in [6.07, 6.45) is 1.20. The van der Waals surface area contributed by atoms with Crippen LogP contribution in [0.2, 0.25) is 0 Å². The summed E-state index contributed by atoms with van der Waals surface area (Å²) in [5.74, 6) is 0.692. The summed E-state index contributed by atoms with van der Waals surface area (Å²) in [4.78, 5) is 2.57. The van der Waals surface area contributed by atoms with Gasteiger partial charge in [0.1, 0.15) is 0 Å². The highest BCUT2D eigenvalue weighted by Gasteiger charge is 2.20. The molecule has 0 aromatic heterocycles. The van der Waals surface area contributed by atoms with Crippen LogP contribution in [0.5, 0.6) is 0 Å². The maximum atomic E-state index is 3.43. The van der Waals surface area contributed by atoms with Crippen molar-refractivity contribution in [3.05, 3.63) is 35.4 Å². The average Bonchev–Trinajstić information content (AvgIpc) is 2.35. The van der Waals surface area contributed by atoms with Gasteiger partial charge in [0, 0.05) is 25.7 Å². The third-order valence-corrected chi connectivity index (χ3v) is 3.84. The second-order valence-corrected chi connectivity index (χ2v) is 5.39. The number of fused-ring (bicyclic) bond motifs is 1. The Morgan fingerprint density at radius 1 is 1.24 bits per heavy atom. The van der Waals surface area contributed by atoms with Gasteiger partial charge in [0.05, 0.1) is 0 Å². The molecule has 0 saturated heterocycles. The Balaban J connectivity index is 1.98. The number of benzene rings is 1. The molecule has 17 heavy (non-hydrogen) atoms. The normalized spacial score (nSPS) is 18.1. The van der Waals surface area contributed by atoms with Gasteiger partial charge in [-0.3, -0.25) is 4.90 Å². The minimum Gasteiger partial charge on any atom is -0.315 e. The lowest BCUT2D eigenvalue weighted by Crippen LogP contribution is -2.44. The minimum absolute atomic E-state index is 0.597. The highest BCUT2D eigenvalue weighted by Crippen LogP contribution is 2.19. The van der Waals surface area contributed by atoms with Gasteiger partial charge in [0.25, 0.3) is 0 Å². The summed E-state index contributed by atoms with van der Waals surface area (Å²) in [6.45, 7) is 8.05. The first-order valence-corrected chi connectivity index (χ1v) is 6.67. The summed E-state index contributed by atoms with van der Waals surface area (Å²) < 4.78 is 0. The van der Waals surface area contributed by atoms with Crippen molar-refractivity contribution in [2.75, 3.05) is 20.1 Å². The molecule has 1 heterocycles. The van der Waals surface area contributed by atoms with Gasteiger partial charge in [-0.2, -0.15) is 0 Å². The number of nitrogens with zero attached hydrogens (tertiary/aromatic N) is 1. The van der Waals surface area contributed by atoms with E-state index in [9.17, 15) is 0 Å². The Labute approximate surface area is 105 Å². The maximum absolute atomic E-state index is 3.43. The van der Waals surface area contributed by atoms with Gasteiger partial charge < -0.3 is 5.32 Å². The van der Waals surface area contributed by atoms with E-state index in [1.807, 2.05) is 0 Å². The van der Waals surface area contributed by atoms with Crippen LogP contribution in [0.25, 0.3) is 0 Å². The van der Waals surface area contributed by atoms with Crippen molar-refractivity contribution in [1.29, 1.82) is 0 Å². The summed E-state index contributed by atoms with van der Waals surface area (Å²) in [5.41, 5.74) is 3.05. The van der Waals surface area contributed by atoms with Gasteiger partial charge in [0.15, 0.2) is 0 Å². The first-order valence-electron chi connectivity index (χ1n) is 6.67. The Morgan fingerprint density at radius 2 is 1.94 bits per heavy atom. The molecule has 0 spiro atoms. The highest BCUT2D eigenvalue weighted by molar-refractivity contribution is 5.29. The van der Waals surface area contributed by atoms with E-state index in [2.05, 4.69) is 55.4 Å². The standard InChI is InChI=1S/C15H24N2/c1-12(2)15(16-3)11-17-9-8-13-6-4-5-7-14(13)10-17/h4-7,12,15-16H,8-11H2,1-3H3. The zero-order chi connectivity index (χ0) is 12.3. The molecular formula is C15H24N2. The molecule has 1 aromatic rings. The van der Waals surface area contributed by atoms with Crippen LogP contribution in [0.15, 0.2) is 24.3 Å². The van der Waals surface area contributed by atoms with E-state index in [1.165, 1.54) is 24.1 Å². The molecule has 1 aromatic carbocycles. The molecule has 0 saturated carbocycles. The largest absolute Gasteiger partial charge is 0.315 e. The van der Waals surface area contributed by atoms with Crippen molar-refractivity contribution in [1.82, 2.24) is 10.2 Å².